The van der Waals surface area contributed by atoms with Crippen LogP contribution in [-0.2, 0) is 11.2 Å². The molecule has 3 heteroatoms. The van der Waals surface area contributed by atoms with Crippen molar-refractivity contribution in [3.8, 4) is 0 Å². The van der Waals surface area contributed by atoms with Gasteiger partial charge in [-0.1, -0.05) is 18.2 Å². The van der Waals surface area contributed by atoms with Gasteiger partial charge in [0.15, 0.2) is 0 Å². The minimum absolute atomic E-state index is 0.189. The third kappa shape index (κ3) is 2.61. The molecular weight excluding hydrogens is 204 g/mol. The van der Waals surface area contributed by atoms with Crippen LogP contribution < -0.4 is 0 Å². The number of benzene rings is 1. The maximum absolute atomic E-state index is 11.0. The average molecular weight is 220 g/mol. The Bertz CT molecular complexity index is 367. The molecule has 0 radical (unpaired) electrons. The lowest BCUT2D eigenvalue weighted by Gasteiger charge is -2.23. The first kappa shape index (κ1) is 11.1. The first-order valence-electron chi connectivity index (χ1n) is 5.70. The summed E-state index contributed by atoms with van der Waals surface area (Å²) in [5.41, 5.74) is 1.28. The molecule has 0 aliphatic carbocycles. The van der Waals surface area contributed by atoms with Gasteiger partial charge in [0.05, 0.1) is 11.7 Å². The van der Waals surface area contributed by atoms with E-state index < -0.39 is 5.97 Å². The van der Waals surface area contributed by atoms with Gasteiger partial charge in [-0.2, -0.15) is 0 Å². The summed E-state index contributed by atoms with van der Waals surface area (Å²) in [6, 6.07) is 7.17. The SMILES string of the molecule is O=C(O)c1ccccc1CC1CCCCO1. The van der Waals surface area contributed by atoms with Gasteiger partial charge in [0.25, 0.3) is 0 Å². The Morgan fingerprint density at radius 1 is 1.38 bits per heavy atom. The van der Waals surface area contributed by atoms with Gasteiger partial charge in [-0.15, -0.1) is 0 Å². The van der Waals surface area contributed by atoms with E-state index >= 15 is 0 Å². The molecule has 0 amide bonds. The Labute approximate surface area is 95.0 Å². The molecule has 86 valence electrons. The van der Waals surface area contributed by atoms with Crippen molar-refractivity contribution < 1.29 is 14.6 Å². The van der Waals surface area contributed by atoms with Gasteiger partial charge in [0.1, 0.15) is 0 Å². The lowest BCUT2D eigenvalue weighted by Crippen LogP contribution is -2.22. The van der Waals surface area contributed by atoms with Crippen LogP contribution in [0.25, 0.3) is 0 Å². The fraction of sp³-hybridized carbons (Fsp3) is 0.462. The quantitative estimate of drug-likeness (QED) is 0.851. The fourth-order valence-electron chi connectivity index (χ4n) is 2.12. The smallest absolute Gasteiger partial charge is 0.335 e. The molecule has 1 aliphatic rings. The molecule has 0 bridgehead atoms. The van der Waals surface area contributed by atoms with Gasteiger partial charge < -0.3 is 9.84 Å². The van der Waals surface area contributed by atoms with Crippen molar-refractivity contribution in [3.05, 3.63) is 35.4 Å². The van der Waals surface area contributed by atoms with Crippen LogP contribution in [0, 0.1) is 0 Å². The molecule has 1 aliphatic heterocycles. The maximum atomic E-state index is 11.0. The molecule has 1 aromatic rings. The van der Waals surface area contributed by atoms with Crippen LogP contribution in [0.2, 0.25) is 0 Å². The van der Waals surface area contributed by atoms with Crippen molar-refractivity contribution in [1.29, 1.82) is 0 Å². The molecule has 2 rings (SSSR count). The van der Waals surface area contributed by atoms with Crippen molar-refractivity contribution in [2.45, 2.75) is 31.8 Å². The Morgan fingerprint density at radius 2 is 2.19 bits per heavy atom. The molecule has 0 aromatic heterocycles. The summed E-state index contributed by atoms with van der Waals surface area (Å²) in [6.07, 6.45) is 4.24. The molecule has 1 saturated heterocycles. The minimum atomic E-state index is -0.855. The van der Waals surface area contributed by atoms with Crippen LogP contribution in [0.1, 0.15) is 35.2 Å². The van der Waals surface area contributed by atoms with Gasteiger partial charge in [-0.05, 0) is 37.3 Å². The second kappa shape index (κ2) is 5.12. The molecular formula is C13H16O3. The number of carboxylic acids is 1. The van der Waals surface area contributed by atoms with E-state index in [-0.39, 0.29) is 6.10 Å². The summed E-state index contributed by atoms with van der Waals surface area (Å²) in [4.78, 5) is 11.0. The molecule has 1 aromatic carbocycles. The lowest BCUT2D eigenvalue weighted by molar-refractivity contribution is 0.0166. The highest BCUT2D eigenvalue weighted by atomic mass is 16.5. The molecule has 16 heavy (non-hydrogen) atoms. The van der Waals surface area contributed by atoms with Gasteiger partial charge in [-0.3, -0.25) is 0 Å². The number of hydrogen-bond acceptors (Lipinski definition) is 2. The second-order valence-electron chi connectivity index (χ2n) is 4.16. The summed E-state index contributed by atoms with van der Waals surface area (Å²) in [6.45, 7) is 0.805. The van der Waals surface area contributed by atoms with Crippen molar-refractivity contribution in [1.82, 2.24) is 0 Å². The number of carbonyl (C=O) groups is 1. The van der Waals surface area contributed by atoms with E-state index in [9.17, 15) is 4.79 Å². The molecule has 1 unspecified atom stereocenters. The molecule has 1 fully saturated rings. The molecule has 1 atom stereocenters. The molecule has 0 spiro atoms. The molecule has 3 nitrogen and oxygen atoms in total. The Morgan fingerprint density at radius 3 is 2.88 bits per heavy atom. The van der Waals surface area contributed by atoms with Crippen LogP contribution in [-0.4, -0.2) is 23.8 Å². The average Bonchev–Trinajstić information content (AvgIpc) is 2.31. The Balaban J connectivity index is 2.10. The summed E-state index contributed by atoms with van der Waals surface area (Å²) in [5, 5.41) is 9.05. The third-order valence-electron chi connectivity index (χ3n) is 2.97. The summed E-state index contributed by atoms with van der Waals surface area (Å²) in [5.74, 6) is -0.855. The largest absolute Gasteiger partial charge is 0.478 e. The first-order chi connectivity index (χ1) is 7.77. The zero-order valence-corrected chi connectivity index (χ0v) is 9.19. The van der Waals surface area contributed by atoms with E-state index in [1.807, 2.05) is 12.1 Å². The van der Waals surface area contributed by atoms with Gasteiger partial charge in [-0.25, -0.2) is 4.79 Å². The van der Waals surface area contributed by atoms with E-state index in [0.717, 1.165) is 25.0 Å². The van der Waals surface area contributed by atoms with Crippen LogP contribution in [0.15, 0.2) is 24.3 Å². The lowest BCUT2D eigenvalue weighted by atomic mass is 9.97. The van der Waals surface area contributed by atoms with Gasteiger partial charge >= 0.3 is 5.97 Å². The van der Waals surface area contributed by atoms with Crippen LogP contribution in [0.3, 0.4) is 0 Å². The zero-order chi connectivity index (χ0) is 11.4. The highest BCUT2D eigenvalue weighted by Gasteiger charge is 2.17. The van der Waals surface area contributed by atoms with E-state index in [4.69, 9.17) is 9.84 Å². The minimum Gasteiger partial charge on any atom is -0.478 e. The monoisotopic (exact) mass is 220 g/mol. The van der Waals surface area contributed by atoms with E-state index in [0.29, 0.717) is 12.0 Å². The van der Waals surface area contributed by atoms with Crippen LogP contribution in [0.4, 0.5) is 0 Å². The van der Waals surface area contributed by atoms with Gasteiger partial charge in [0, 0.05) is 6.61 Å². The highest BCUT2D eigenvalue weighted by Crippen LogP contribution is 2.19. The van der Waals surface area contributed by atoms with Gasteiger partial charge in [0.2, 0.25) is 0 Å². The third-order valence-corrected chi connectivity index (χ3v) is 2.97. The number of rotatable bonds is 3. The van der Waals surface area contributed by atoms with Crippen LogP contribution >= 0.6 is 0 Å². The summed E-state index contributed by atoms with van der Waals surface area (Å²) in [7, 11) is 0. The zero-order valence-electron chi connectivity index (χ0n) is 9.19. The van der Waals surface area contributed by atoms with Crippen LogP contribution in [0.5, 0.6) is 0 Å². The predicted octanol–water partition coefficient (Wildman–Crippen LogP) is 2.50. The van der Waals surface area contributed by atoms with Crippen molar-refractivity contribution in [2.24, 2.45) is 0 Å². The second-order valence-corrected chi connectivity index (χ2v) is 4.16. The first-order valence-corrected chi connectivity index (χ1v) is 5.70. The Kier molecular flexibility index (Phi) is 3.57. The van der Waals surface area contributed by atoms with E-state index in [1.54, 1.807) is 12.1 Å². The Hall–Kier alpha value is -1.35. The predicted molar refractivity (Wildman–Crippen MR) is 60.7 cm³/mol. The fourth-order valence-corrected chi connectivity index (χ4v) is 2.12. The number of aromatic carboxylic acids is 1. The number of hydrogen-bond donors (Lipinski definition) is 1. The van der Waals surface area contributed by atoms with E-state index in [2.05, 4.69) is 0 Å². The summed E-state index contributed by atoms with van der Waals surface area (Å²) < 4.78 is 5.62. The maximum Gasteiger partial charge on any atom is 0.335 e. The van der Waals surface area contributed by atoms with Crippen molar-refractivity contribution >= 4 is 5.97 Å². The van der Waals surface area contributed by atoms with Crippen molar-refractivity contribution in [3.63, 3.8) is 0 Å². The number of ether oxygens (including phenoxy) is 1. The molecule has 1 heterocycles. The molecule has 1 N–H and O–H groups in total. The normalized spacial score (nSPS) is 20.6. The molecule has 0 saturated carbocycles. The van der Waals surface area contributed by atoms with E-state index in [1.165, 1.54) is 6.42 Å². The van der Waals surface area contributed by atoms with Crippen molar-refractivity contribution in [2.75, 3.05) is 6.61 Å². The summed E-state index contributed by atoms with van der Waals surface area (Å²) >= 11 is 0. The standard InChI is InChI=1S/C13H16O3/c14-13(15)12-7-2-1-5-10(12)9-11-6-3-4-8-16-11/h1-2,5,7,11H,3-4,6,8-9H2,(H,14,15). The number of carboxylic acid groups (broad SMARTS) is 1. The topological polar surface area (TPSA) is 46.5 Å². The highest BCUT2D eigenvalue weighted by molar-refractivity contribution is 5.89.